The second kappa shape index (κ2) is 13.8. The fraction of sp³-hybridized carbons (Fsp3) is 0.294. The van der Waals surface area contributed by atoms with E-state index >= 15 is 0 Å². The van der Waals surface area contributed by atoms with E-state index in [2.05, 4.69) is 0 Å². The molecule has 0 aromatic heterocycles. The van der Waals surface area contributed by atoms with Gasteiger partial charge < -0.3 is 29.2 Å². The van der Waals surface area contributed by atoms with E-state index in [1.807, 2.05) is 121 Å². The zero-order chi connectivity index (χ0) is 27.6. The molecule has 2 N–H and O–H groups in total. The first kappa shape index (κ1) is 28.2. The van der Waals surface area contributed by atoms with Crippen molar-refractivity contribution >= 4 is 0 Å². The maximum Gasteiger partial charge on any atom is 0.184 e. The molecule has 4 aromatic carbocycles. The number of aliphatic hydroxyl groups excluding tert-OH is 2. The Balaban J connectivity index is 1.48. The number of rotatable bonds is 12. The lowest BCUT2D eigenvalue weighted by atomic mass is 9.82. The van der Waals surface area contributed by atoms with Crippen LogP contribution in [-0.2, 0) is 45.2 Å². The van der Waals surface area contributed by atoms with Gasteiger partial charge in [-0.05, 0) is 22.3 Å². The zero-order valence-electron chi connectivity index (χ0n) is 22.4. The van der Waals surface area contributed by atoms with E-state index in [1.165, 1.54) is 0 Å². The highest BCUT2D eigenvalue weighted by atomic mass is 16.7. The van der Waals surface area contributed by atoms with Gasteiger partial charge in [0.05, 0.1) is 26.4 Å². The zero-order valence-corrected chi connectivity index (χ0v) is 22.4. The van der Waals surface area contributed by atoms with Crippen molar-refractivity contribution in [2.75, 3.05) is 6.61 Å². The van der Waals surface area contributed by atoms with Gasteiger partial charge in [-0.15, -0.1) is 0 Å². The molecule has 5 rings (SSSR count). The average molecular weight is 541 g/mol. The van der Waals surface area contributed by atoms with Crippen LogP contribution in [0.3, 0.4) is 0 Å². The van der Waals surface area contributed by atoms with Gasteiger partial charge in [0.25, 0.3) is 0 Å². The van der Waals surface area contributed by atoms with Crippen LogP contribution in [0.1, 0.15) is 22.3 Å². The molecule has 0 radical (unpaired) electrons. The molecular weight excluding hydrogens is 504 g/mol. The van der Waals surface area contributed by atoms with Crippen LogP contribution in [0, 0.1) is 0 Å². The molecule has 1 aliphatic rings. The lowest BCUT2D eigenvalue weighted by Crippen LogP contribution is -2.68. The number of hydrogen-bond donors (Lipinski definition) is 2. The molecule has 0 aliphatic carbocycles. The normalized spacial score (nSPS) is 24.6. The molecule has 1 heterocycles. The number of benzene rings is 4. The van der Waals surface area contributed by atoms with E-state index in [9.17, 15) is 10.2 Å². The third-order valence-electron chi connectivity index (χ3n) is 7.23. The molecular formula is C34H36O6. The van der Waals surface area contributed by atoms with E-state index in [1.54, 1.807) is 0 Å². The molecule has 4 aromatic rings. The Morgan fingerprint density at radius 1 is 0.550 bits per heavy atom. The Morgan fingerprint density at radius 3 is 1.40 bits per heavy atom. The molecule has 1 saturated heterocycles. The van der Waals surface area contributed by atoms with Gasteiger partial charge in [-0.2, -0.15) is 0 Å². The van der Waals surface area contributed by atoms with Gasteiger partial charge in [0, 0.05) is 6.42 Å². The van der Waals surface area contributed by atoms with Crippen LogP contribution in [0.2, 0.25) is 0 Å². The first-order valence-electron chi connectivity index (χ1n) is 13.6. The van der Waals surface area contributed by atoms with Crippen LogP contribution in [-0.4, -0.2) is 47.0 Å². The summed E-state index contributed by atoms with van der Waals surface area (Å²) in [6.07, 6.45) is -3.40. The van der Waals surface area contributed by atoms with Crippen LogP contribution in [0.25, 0.3) is 0 Å². The molecule has 6 nitrogen and oxygen atoms in total. The second-order valence-corrected chi connectivity index (χ2v) is 10.1. The number of aliphatic hydroxyl groups is 2. The SMILES string of the molecule is OC[C@@]1(Cc2ccccc2)O[C@H](O)[C@H](OCc2ccccc2)[C@@H](OCc2ccccc2)[C@@H]1OCc1ccccc1. The third-order valence-corrected chi connectivity index (χ3v) is 7.23. The Hall–Kier alpha value is -3.36. The molecule has 0 bridgehead atoms. The van der Waals surface area contributed by atoms with Crippen molar-refractivity contribution in [2.24, 2.45) is 0 Å². The van der Waals surface area contributed by atoms with Crippen LogP contribution in [0.15, 0.2) is 121 Å². The van der Waals surface area contributed by atoms with Gasteiger partial charge in [0.15, 0.2) is 6.29 Å². The predicted molar refractivity (Wildman–Crippen MR) is 152 cm³/mol. The maximum absolute atomic E-state index is 11.4. The molecule has 5 atom stereocenters. The Labute approximate surface area is 235 Å². The van der Waals surface area contributed by atoms with E-state index in [0.717, 1.165) is 22.3 Å². The summed E-state index contributed by atoms with van der Waals surface area (Å²) in [5, 5.41) is 22.2. The van der Waals surface area contributed by atoms with E-state index in [-0.39, 0.29) is 26.4 Å². The van der Waals surface area contributed by atoms with Gasteiger partial charge >= 0.3 is 0 Å². The lowest BCUT2D eigenvalue weighted by Gasteiger charge is -2.51. The van der Waals surface area contributed by atoms with Crippen LogP contribution in [0.4, 0.5) is 0 Å². The first-order chi connectivity index (χ1) is 19.7. The molecule has 1 fully saturated rings. The van der Waals surface area contributed by atoms with Gasteiger partial charge in [0.2, 0.25) is 0 Å². The average Bonchev–Trinajstić information content (AvgIpc) is 3.01. The number of ether oxygens (including phenoxy) is 4. The molecule has 0 saturated carbocycles. The molecule has 6 heteroatoms. The summed E-state index contributed by atoms with van der Waals surface area (Å²) in [6, 6.07) is 39.2. The summed E-state index contributed by atoms with van der Waals surface area (Å²) < 4.78 is 25.7. The fourth-order valence-electron chi connectivity index (χ4n) is 5.18. The van der Waals surface area contributed by atoms with Crippen LogP contribution >= 0.6 is 0 Å². The summed E-state index contributed by atoms with van der Waals surface area (Å²) in [7, 11) is 0. The highest BCUT2D eigenvalue weighted by molar-refractivity contribution is 5.21. The highest BCUT2D eigenvalue weighted by Gasteiger charge is 2.56. The maximum atomic E-state index is 11.4. The smallest absolute Gasteiger partial charge is 0.184 e. The monoisotopic (exact) mass is 540 g/mol. The minimum Gasteiger partial charge on any atom is -0.393 e. The minimum atomic E-state index is -1.35. The highest BCUT2D eigenvalue weighted by Crippen LogP contribution is 2.38. The van der Waals surface area contributed by atoms with Crippen molar-refractivity contribution < 1.29 is 29.2 Å². The fourth-order valence-corrected chi connectivity index (χ4v) is 5.18. The minimum absolute atomic E-state index is 0.257. The summed E-state index contributed by atoms with van der Waals surface area (Å²) >= 11 is 0. The predicted octanol–water partition coefficient (Wildman–Crippen LogP) is 5.07. The first-order valence-corrected chi connectivity index (χ1v) is 13.6. The summed E-state index contributed by atoms with van der Waals surface area (Å²) in [4.78, 5) is 0. The van der Waals surface area contributed by atoms with Gasteiger partial charge in [-0.3, -0.25) is 0 Å². The van der Waals surface area contributed by atoms with Crippen molar-refractivity contribution in [3.63, 3.8) is 0 Å². The van der Waals surface area contributed by atoms with Crippen molar-refractivity contribution in [3.05, 3.63) is 144 Å². The van der Waals surface area contributed by atoms with Gasteiger partial charge in [-0.1, -0.05) is 121 Å². The molecule has 1 aliphatic heterocycles. The molecule has 40 heavy (non-hydrogen) atoms. The van der Waals surface area contributed by atoms with Crippen LogP contribution < -0.4 is 0 Å². The lowest BCUT2D eigenvalue weighted by molar-refractivity contribution is -0.350. The largest absolute Gasteiger partial charge is 0.393 e. The third kappa shape index (κ3) is 7.04. The Kier molecular flexibility index (Phi) is 9.73. The quantitative estimate of drug-likeness (QED) is 0.262. The molecule has 0 spiro atoms. The summed E-state index contributed by atoms with van der Waals surface area (Å²) in [6.45, 7) is 0.432. The molecule has 0 unspecified atom stereocenters. The second-order valence-electron chi connectivity index (χ2n) is 10.1. The Bertz CT molecular complexity index is 1270. The topological polar surface area (TPSA) is 77.4 Å². The summed E-state index contributed by atoms with van der Waals surface area (Å²) in [5.74, 6) is 0. The molecule has 0 amide bonds. The number of hydrogen-bond acceptors (Lipinski definition) is 6. The van der Waals surface area contributed by atoms with Gasteiger partial charge in [0.1, 0.15) is 23.9 Å². The molecule has 208 valence electrons. The van der Waals surface area contributed by atoms with Crippen molar-refractivity contribution in [3.8, 4) is 0 Å². The van der Waals surface area contributed by atoms with Crippen molar-refractivity contribution in [1.29, 1.82) is 0 Å². The van der Waals surface area contributed by atoms with E-state index in [0.29, 0.717) is 6.42 Å². The Morgan fingerprint density at radius 2 is 0.950 bits per heavy atom. The van der Waals surface area contributed by atoms with E-state index < -0.39 is 30.2 Å². The van der Waals surface area contributed by atoms with E-state index in [4.69, 9.17) is 18.9 Å². The van der Waals surface area contributed by atoms with Crippen LogP contribution in [0.5, 0.6) is 0 Å². The standard InChI is InChI=1S/C34H36O6/c35-25-34(21-26-13-5-1-6-14-26)32(39-24-29-19-11-4-12-20-29)30(37-22-27-15-7-2-8-16-27)31(33(36)40-34)38-23-28-17-9-3-10-18-28/h1-20,30-33,35-36H,21-25H2/t30-,31-,32+,33+,34-/m1/s1. The van der Waals surface area contributed by atoms with Crippen molar-refractivity contribution in [1.82, 2.24) is 0 Å². The van der Waals surface area contributed by atoms with Crippen molar-refractivity contribution in [2.45, 2.75) is 56.4 Å². The summed E-state index contributed by atoms with van der Waals surface area (Å²) in [5.41, 5.74) is 2.58. The van der Waals surface area contributed by atoms with Gasteiger partial charge in [-0.25, -0.2) is 0 Å².